The average Bonchev–Trinajstić information content (AvgIpc) is 2.71. The molecule has 7 nitrogen and oxygen atoms in total. The summed E-state index contributed by atoms with van der Waals surface area (Å²) in [6.45, 7) is 9.04. The number of carbonyl (C=O) groups excluding carboxylic acids is 1. The van der Waals surface area contributed by atoms with E-state index in [2.05, 4.69) is 5.32 Å². The zero-order chi connectivity index (χ0) is 16.4. The maximum absolute atomic E-state index is 12.4. The van der Waals surface area contributed by atoms with Crippen molar-refractivity contribution >= 4 is 11.6 Å². The van der Waals surface area contributed by atoms with Crippen LogP contribution in [0.3, 0.4) is 0 Å². The fourth-order valence-electron chi connectivity index (χ4n) is 1.71. The van der Waals surface area contributed by atoms with Crippen molar-refractivity contribution in [2.75, 3.05) is 0 Å². The van der Waals surface area contributed by atoms with Crippen molar-refractivity contribution in [1.29, 1.82) is 0 Å². The van der Waals surface area contributed by atoms with Crippen molar-refractivity contribution in [3.63, 3.8) is 0 Å². The normalized spacial score (nSPS) is 12.3. The van der Waals surface area contributed by atoms with E-state index in [0.717, 1.165) is 6.42 Å². The summed E-state index contributed by atoms with van der Waals surface area (Å²) in [5.41, 5.74) is -1.90. The van der Waals surface area contributed by atoms with Gasteiger partial charge in [-0.05, 0) is 34.1 Å². The molecule has 1 aromatic heterocycles. The number of nitro groups is 1. The molecular formula is C14H23N3O4. The number of hydrogen-bond donors (Lipinski definition) is 2. The van der Waals surface area contributed by atoms with Crippen molar-refractivity contribution in [3.05, 3.63) is 28.1 Å². The molecule has 0 aliphatic heterocycles. The van der Waals surface area contributed by atoms with E-state index in [-0.39, 0.29) is 11.4 Å². The fraction of sp³-hybridized carbons (Fsp3) is 0.643. The Morgan fingerprint density at radius 1 is 1.43 bits per heavy atom. The molecule has 1 heterocycles. The topological polar surface area (TPSA) is 97.4 Å². The first-order chi connectivity index (χ1) is 9.49. The molecule has 0 atom stereocenters. The van der Waals surface area contributed by atoms with Crippen LogP contribution in [0.2, 0.25) is 0 Å². The Bertz CT molecular complexity index is 541. The van der Waals surface area contributed by atoms with Crippen LogP contribution in [-0.2, 0) is 6.54 Å². The van der Waals surface area contributed by atoms with Gasteiger partial charge in [-0.1, -0.05) is 6.92 Å². The van der Waals surface area contributed by atoms with Gasteiger partial charge in [0.2, 0.25) is 0 Å². The Labute approximate surface area is 124 Å². The van der Waals surface area contributed by atoms with Gasteiger partial charge in [0.1, 0.15) is 5.69 Å². The van der Waals surface area contributed by atoms with E-state index in [9.17, 15) is 20.0 Å². The fourth-order valence-corrected chi connectivity index (χ4v) is 1.71. The number of aryl methyl sites for hydroxylation is 1. The summed E-state index contributed by atoms with van der Waals surface area (Å²) >= 11 is 0. The Kier molecular flexibility index (Phi) is 4.78. The number of carbonyl (C=O) groups is 1. The van der Waals surface area contributed by atoms with E-state index in [1.54, 1.807) is 32.3 Å². The molecule has 0 aliphatic carbocycles. The van der Waals surface area contributed by atoms with Crippen molar-refractivity contribution in [1.82, 2.24) is 9.88 Å². The summed E-state index contributed by atoms with van der Waals surface area (Å²) in [7, 11) is 0. The SMILES string of the molecule is CCCn1cc([N+](=O)[O-])cc1C(=O)NC(C)(C)C(C)(C)O. The number of nitrogens with zero attached hydrogens (tertiary/aromatic N) is 2. The molecule has 0 fully saturated rings. The number of nitrogens with one attached hydrogen (secondary N) is 1. The summed E-state index contributed by atoms with van der Waals surface area (Å²) < 4.78 is 1.56. The molecule has 0 unspecified atom stereocenters. The standard InChI is InChI=1S/C14H23N3O4/c1-6-7-16-9-10(17(20)21)8-11(16)12(18)15-13(2,3)14(4,5)19/h8-9,19H,6-7H2,1-5H3,(H,15,18). The van der Waals surface area contributed by atoms with E-state index < -0.39 is 22.0 Å². The highest BCUT2D eigenvalue weighted by Gasteiger charge is 2.37. The third kappa shape index (κ3) is 3.81. The lowest BCUT2D eigenvalue weighted by Gasteiger charge is -2.38. The number of rotatable bonds is 6. The molecule has 1 aromatic rings. The van der Waals surface area contributed by atoms with Crippen LogP contribution in [0, 0.1) is 10.1 Å². The molecule has 1 rings (SSSR count). The van der Waals surface area contributed by atoms with Crippen LogP contribution in [0.5, 0.6) is 0 Å². The second-order valence-electron chi connectivity index (χ2n) is 6.17. The maximum Gasteiger partial charge on any atom is 0.287 e. The van der Waals surface area contributed by atoms with Gasteiger partial charge in [0.05, 0.1) is 22.3 Å². The van der Waals surface area contributed by atoms with Crippen LogP contribution >= 0.6 is 0 Å². The van der Waals surface area contributed by atoms with Gasteiger partial charge in [-0.2, -0.15) is 0 Å². The van der Waals surface area contributed by atoms with Crippen LogP contribution in [0.4, 0.5) is 5.69 Å². The first kappa shape index (κ1) is 17.2. The molecule has 0 aromatic carbocycles. The molecule has 21 heavy (non-hydrogen) atoms. The predicted octanol–water partition coefficient (Wildman–Crippen LogP) is 2.09. The van der Waals surface area contributed by atoms with Gasteiger partial charge in [0, 0.05) is 12.6 Å². The quantitative estimate of drug-likeness (QED) is 0.620. The van der Waals surface area contributed by atoms with E-state index in [0.29, 0.717) is 6.54 Å². The van der Waals surface area contributed by atoms with Crippen molar-refractivity contribution in [2.45, 2.75) is 58.7 Å². The Balaban J connectivity index is 3.09. The van der Waals surface area contributed by atoms with Gasteiger partial charge < -0.3 is 15.0 Å². The van der Waals surface area contributed by atoms with Gasteiger partial charge in [-0.25, -0.2) is 0 Å². The summed E-state index contributed by atoms with van der Waals surface area (Å²) in [4.78, 5) is 22.7. The zero-order valence-corrected chi connectivity index (χ0v) is 13.1. The lowest BCUT2D eigenvalue weighted by Crippen LogP contribution is -2.57. The molecule has 0 spiro atoms. The number of amides is 1. The smallest absolute Gasteiger partial charge is 0.287 e. The summed E-state index contributed by atoms with van der Waals surface area (Å²) in [6, 6.07) is 1.26. The highest BCUT2D eigenvalue weighted by Crippen LogP contribution is 2.23. The van der Waals surface area contributed by atoms with Crippen LogP contribution in [0.15, 0.2) is 12.3 Å². The van der Waals surface area contributed by atoms with Crippen molar-refractivity contribution in [2.24, 2.45) is 0 Å². The molecule has 0 radical (unpaired) electrons. The largest absolute Gasteiger partial charge is 0.388 e. The minimum atomic E-state index is -1.13. The molecule has 7 heteroatoms. The molecule has 2 N–H and O–H groups in total. The summed E-state index contributed by atoms with van der Waals surface area (Å²) in [6.07, 6.45) is 2.11. The van der Waals surface area contributed by atoms with E-state index >= 15 is 0 Å². The minimum Gasteiger partial charge on any atom is -0.388 e. The highest BCUT2D eigenvalue weighted by atomic mass is 16.6. The Morgan fingerprint density at radius 3 is 2.43 bits per heavy atom. The van der Waals surface area contributed by atoms with Gasteiger partial charge in [0.15, 0.2) is 0 Å². The first-order valence-corrected chi connectivity index (χ1v) is 6.89. The lowest BCUT2D eigenvalue weighted by atomic mass is 9.86. The molecule has 0 saturated heterocycles. The molecular weight excluding hydrogens is 274 g/mol. The maximum atomic E-state index is 12.4. The Morgan fingerprint density at radius 2 is 2.00 bits per heavy atom. The lowest BCUT2D eigenvalue weighted by molar-refractivity contribution is -0.384. The van der Waals surface area contributed by atoms with Gasteiger partial charge in [-0.15, -0.1) is 0 Å². The monoisotopic (exact) mass is 297 g/mol. The number of aliphatic hydroxyl groups is 1. The highest BCUT2D eigenvalue weighted by molar-refractivity contribution is 5.94. The van der Waals surface area contributed by atoms with Crippen LogP contribution < -0.4 is 5.32 Å². The van der Waals surface area contributed by atoms with Crippen molar-refractivity contribution < 1.29 is 14.8 Å². The molecule has 118 valence electrons. The summed E-state index contributed by atoms with van der Waals surface area (Å²) in [5, 5.41) is 23.7. The average molecular weight is 297 g/mol. The van der Waals surface area contributed by atoms with Crippen LogP contribution in [-0.4, -0.2) is 31.6 Å². The van der Waals surface area contributed by atoms with Gasteiger partial charge in [-0.3, -0.25) is 14.9 Å². The zero-order valence-electron chi connectivity index (χ0n) is 13.1. The third-order valence-corrected chi connectivity index (χ3v) is 3.75. The molecule has 0 saturated carbocycles. The molecule has 0 bridgehead atoms. The van der Waals surface area contributed by atoms with Crippen molar-refractivity contribution in [3.8, 4) is 0 Å². The van der Waals surface area contributed by atoms with Crippen LogP contribution in [0.25, 0.3) is 0 Å². The number of hydrogen-bond acceptors (Lipinski definition) is 4. The summed E-state index contributed by atoms with van der Waals surface area (Å²) in [5.74, 6) is -0.441. The predicted molar refractivity (Wildman–Crippen MR) is 79.2 cm³/mol. The number of aromatic nitrogens is 1. The first-order valence-electron chi connectivity index (χ1n) is 6.89. The van der Waals surface area contributed by atoms with E-state index in [1.165, 1.54) is 12.3 Å². The minimum absolute atomic E-state index is 0.116. The van der Waals surface area contributed by atoms with E-state index in [4.69, 9.17) is 0 Å². The third-order valence-electron chi connectivity index (χ3n) is 3.75. The van der Waals surface area contributed by atoms with Gasteiger partial charge >= 0.3 is 0 Å². The molecule has 1 amide bonds. The second-order valence-corrected chi connectivity index (χ2v) is 6.17. The van der Waals surface area contributed by atoms with E-state index in [1.807, 2.05) is 6.92 Å². The Hall–Kier alpha value is -1.89. The van der Waals surface area contributed by atoms with Crippen LogP contribution in [0.1, 0.15) is 51.5 Å². The second kappa shape index (κ2) is 5.85. The molecule has 0 aliphatic rings. The van der Waals surface area contributed by atoms with Gasteiger partial charge in [0.25, 0.3) is 11.6 Å².